The first kappa shape index (κ1) is 12.5. The number of hydrogen-bond donors (Lipinski definition) is 2. The molecule has 0 heterocycles. The summed E-state index contributed by atoms with van der Waals surface area (Å²) in [6.07, 6.45) is 2.50. The highest BCUT2D eigenvalue weighted by Gasteiger charge is 2.22. The Hall–Kier alpha value is -0.610. The third kappa shape index (κ3) is 6.47. The molecule has 88 valence electrons. The lowest BCUT2D eigenvalue weighted by molar-refractivity contribution is -0.122. The molecule has 0 aromatic carbocycles. The van der Waals surface area contributed by atoms with Crippen molar-refractivity contribution < 1.29 is 9.90 Å². The van der Waals surface area contributed by atoms with Gasteiger partial charge in [0.15, 0.2) is 0 Å². The number of rotatable bonds is 6. The Labute approximate surface area is 91.6 Å². The molecule has 4 heteroatoms. The van der Waals surface area contributed by atoms with Gasteiger partial charge in [0.1, 0.15) is 0 Å². The first-order valence-electron chi connectivity index (χ1n) is 5.54. The van der Waals surface area contributed by atoms with Crippen molar-refractivity contribution in [2.75, 3.05) is 26.7 Å². The summed E-state index contributed by atoms with van der Waals surface area (Å²) >= 11 is 0. The number of carbonyl (C=O) groups excluding carboxylic acids is 1. The lowest BCUT2D eigenvalue weighted by Crippen LogP contribution is -2.42. The Kier molecular flexibility index (Phi) is 4.11. The molecule has 0 radical (unpaired) electrons. The number of aliphatic hydroxyl groups is 1. The third-order valence-electron chi connectivity index (χ3n) is 2.36. The highest BCUT2D eigenvalue weighted by Crippen LogP contribution is 2.27. The van der Waals surface area contributed by atoms with Crippen LogP contribution in [-0.4, -0.2) is 48.2 Å². The van der Waals surface area contributed by atoms with Crippen molar-refractivity contribution in [1.29, 1.82) is 0 Å². The summed E-state index contributed by atoms with van der Waals surface area (Å²) in [5, 5.41) is 12.5. The Morgan fingerprint density at radius 2 is 2.13 bits per heavy atom. The fourth-order valence-corrected chi connectivity index (χ4v) is 1.60. The molecule has 1 fully saturated rings. The zero-order valence-corrected chi connectivity index (χ0v) is 9.92. The molecule has 0 bridgehead atoms. The van der Waals surface area contributed by atoms with Crippen LogP contribution in [0.5, 0.6) is 0 Å². The van der Waals surface area contributed by atoms with Gasteiger partial charge in [-0.05, 0) is 39.7 Å². The maximum atomic E-state index is 11.4. The van der Waals surface area contributed by atoms with Gasteiger partial charge in [-0.2, -0.15) is 0 Å². The smallest absolute Gasteiger partial charge is 0.234 e. The van der Waals surface area contributed by atoms with Crippen LogP contribution in [0.15, 0.2) is 0 Å². The second-order valence-corrected chi connectivity index (χ2v) is 5.23. The minimum absolute atomic E-state index is 0.0497. The average Bonchev–Trinajstić information content (AvgIpc) is 2.79. The highest BCUT2D eigenvalue weighted by atomic mass is 16.3. The zero-order chi connectivity index (χ0) is 11.5. The van der Waals surface area contributed by atoms with Crippen LogP contribution in [0.4, 0.5) is 0 Å². The highest BCUT2D eigenvalue weighted by molar-refractivity contribution is 5.78. The van der Waals surface area contributed by atoms with Gasteiger partial charge >= 0.3 is 0 Å². The monoisotopic (exact) mass is 214 g/mol. The van der Waals surface area contributed by atoms with E-state index in [4.69, 9.17) is 0 Å². The van der Waals surface area contributed by atoms with Crippen LogP contribution in [-0.2, 0) is 4.79 Å². The van der Waals surface area contributed by atoms with E-state index in [9.17, 15) is 9.90 Å². The van der Waals surface area contributed by atoms with E-state index < -0.39 is 5.60 Å². The Balaban J connectivity index is 2.12. The summed E-state index contributed by atoms with van der Waals surface area (Å²) < 4.78 is 0. The van der Waals surface area contributed by atoms with Crippen LogP contribution in [0.1, 0.15) is 26.7 Å². The SMILES string of the molecule is CN(CC(=O)NCC1CC1)CC(C)(C)O. The fourth-order valence-electron chi connectivity index (χ4n) is 1.60. The predicted octanol–water partition coefficient (Wildman–Crippen LogP) is 0.215. The molecular weight excluding hydrogens is 192 g/mol. The van der Waals surface area contributed by atoms with Gasteiger partial charge in [-0.15, -0.1) is 0 Å². The number of hydrogen-bond acceptors (Lipinski definition) is 3. The summed E-state index contributed by atoms with van der Waals surface area (Å²) in [4.78, 5) is 13.3. The summed E-state index contributed by atoms with van der Waals surface area (Å²) in [6.45, 7) is 5.16. The molecule has 0 aromatic heterocycles. The van der Waals surface area contributed by atoms with Crippen molar-refractivity contribution in [1.82, 2.24) is 10.2 Å². The topological polar surface area (TPSA) is 52.6 Å². The molecule has 0 saturated heterocycles. The Morgan fingerprint density at radius 3 is 2.60 bits per heavy atom. The molecule has 4 nitrogen and oxygen atoms in total. The fraction of sp³-hybridized carbons (Fsp3) is 0.909. The van der Waals surface area contributed by atoms with Gasteiger partial charge in [0.2, 0.25) is 5.91 Å². The van der Waals surface area contributed by atoms with Crippen molar-refractivity contribution in [2.45, 2.75) is 32.3 Å². The van der Waals surface area contributed by atoms with Gasteiger partial charge in [-0.3, -0.25) is 9.69 Å². The average molecular weight is 214 g/mol. The van der Waals surface area contributed by atoms with E-state index in [1.165, 1.54) is 12.8 Å². The Morgan fingerprint density at radius 1 is 1.53 bits per heavy atom. The molecule has 0 aliphatic heterocycles. The van der Waals surface area contributed by atoms with Crippen molar-refractivity contribution in [3.05, 3.63) is 0 Å². The first-order valence-corrected chi connectivity index (χ1v) is 5.54. The van der Waals surface area contributed by atoms with Gasteiger partial charge in [-0.25, -0.2) is 0 Å². The summed E-state index contributed by atoms with van der Waals surface area (Å²) in [6, 6.07) is 0. The van der Waals surface area contributed by atoms with Crippen molar-refractivity contribution >= 4 is 5.91 Å². The first-order chi connectivity index (χ1) is 6.87. The Bertz CT molecular complexity index is 219. The second-order valence-electron chi connectivity index (χ2n) is 5.23. The van der Waals surface area contributed by atoms with E-state index in [0.29, 0.717) is 19.0 Å². The lowest BCUT2D eigenvalue weighted by atomic mass is 10.1. The van der Waals surface area contributed by atoms with Crippen molar-refractivity contribution in [3.63, 3.8) is 0 Å². The molecule has 1 saturated carbocycles. The minimum atomic E-state index is -0.745. The zero-order valence-electron chi connectivity index (χ0n) is 9.92. The molecule has 2 N–H and O–H groups in total. The van der Waals surface area contributed by atoms with E-state index in [2.05, 4.69) is 5.32 Å². The summed E-state index contributed by atoms with van der Waals surface area (Å²) in [7, 11) is 1.84. The molecule has 1 aliphatic rings. The van der Waals surface area contributed by atoms with Gasteiger partial charge < -0.3 is 10.4 Å². The van der Waals surface area contributed by atoms with Crippen LogP contribution < -0.4 is 5.32 Å². The maximum absolute atomic E-state index is 11.4. The van der Waals surface area contributed by atoms with Gasteiger partial charge in [0.25, 0.3) is 0 Å². The largest absolute Gasteiger partial charge is 0.389 e. The predicted molar refractivity (Wildman–Crippen MR) is 59.5 cm³/mol. The van der Waals surface area contributed by atoms with Crippen molar-refractivity contribution in [2.24, 2.45) is 5.92 Å². The molecule has 0 aromatic rings. The van der Waals surface area contributed by atoms with Crippen molar-refractivity contribution in [3.8, 4) is 0 Å². The van der Waals surface area contributed by atoms with E-state index in [1.54, 1.807) is 13.8 Å². The quantitative estimate of drug-likeness (QED) is 0.665. The number of nitrogens with zero attached hydrogens (tertiary/aromatic N) is 1. The molecule has 0 atom stereocenters. The van der Waals surface area contributed by atoms with E-state index in [0.717, 1.165) is 6.54 Å². The molecule has 0 spiro atoms. The van der Waals surface area contributed by atoms with E-state index in [-0.39, 0.29) is 5.91 Å². The number of nitrogens with one attached hydrogen (secondary N) is 1. The van der Waals surface area contributed by atoms with Gasteiger partial charge in [0, 0.05) is 13.1 Å². The van der Waals surface area contributed by atoms with E-state index >= 15 is 0 Å². The third-order valence-corrected chi connectivity index (χ3v) is 2.36. The summed E-state index contributed by atoms with van der Waals surface area (Å²) in [5.74, 6) is 0.766. The van der Waals surface area contributed by atoms with E-state index in [1.807, 2.05) is 11.9 Å². The molecule has 15 heavy (non-hydrogen) atoms. The molecule has 1 rings (SSSR count). The standard InChI is InChI=1S/C11H22N2O2/c1-11(2,15)8-13(3)7-10(14)12-6-9-4-5-9/h9,15H,4-8H2,1-3H3,(H,12,14). The summed E-state index contributed by atoms with van der Waals surface area (Å²) in [5.41, 5.74) is -0.745. The molecule has 1 amide bonds. The number of carbonyl (C=O) groups is 1. The molecular formula is C11H22N2O2. The normalized spacial score (nSPS) is 16.9. The minimum Gasteiger partial charge on any atom is -0.389 e. The number of amides is 1. The van der Waals surface area contributed by atoms with Crippen LogP contribution >= 0.6 is 0 Å². The second kappa shape index (κ2) is 4.94. The molecule has 0 unspecified atom stereocenters. The maximum Gasteiger partial charge on any atom is 0.234 e. The van der Waals surface area contributed by atoms with Gasteiger partial charge in [-0.1, -0.05) is 0 Å². The van der Waals surface area contributed by atoms with Crippen LogP contribution in [0.2, 0.25) is 0 Å². The van der Waals surface area contributed by atoms with Crippen LogP contribution in [0, 0.1) is 5.92 Å². The lowest BCUT2D eigenvalue weighted by Gasteiger charge is -2.24. The molecule has 1 aliphatic carbocycles. The van der Waals surface area contributed by atoms with Gasteiger partial charge in [0.05, 0.1) is 12.1 Å². The van der Waals surface area contributed by atoms with Crippen LogP contribution in [0.3, 0.4) is 0 Å². The number of likely N-dealkylation sites (N-methyl/N-ethyl adjacent to an activating group) is 1. The van der Waals surface area contributed by atoms with Crippen LogP contribution in [0.25, 0.3) is 0 Å².